The highest BCUT2D eigenvalue weighted by atomic mass is 35.5. The van der Waals surface area contributed by atoms with Gasteiger partial charge in [0.05, 0.1) is 5.92 Å². The van der Waals surface area contributed by atoms with E-state index in [0.29, 0.717) is 0 Å². The molecule has 0 aliphatic carbocycles. The molecule has 1 fully saturated rings. The lowest BCUT2D eigenvalue weighted by Gasteiger charge is -2.27. The van der Waals surface area contributed by atoms with Crippen molar-refractivity contribution in [2.75, 3.05) is 24.6 Å². The predicted molar refractivity (Wildman–Crippen MR) is 88.3 cm³/mol. The number of carbonyl (C=O) groups is 1. The highest BCUT2D eigenvalue weighted by molar-refractivity contribution is 7.99. The monoisotopic (exact) mass is 314 g/mol. The Morgan fingerprint density at radius 2 is 1.95 bits per heavy atom. The van der Waals surface area contributed by atoms with E-state index in [0.717, 1.165) is 36.6 Å². The number of hydrogen-bond donors (Lipinski definition) is 1. The average molecular weight is 315 g/mol. The molecule has 2 atom stereocenters. The summed E-state index contributed by atoms with van der Waals surface area (Å²) >= 11 is 1.93. The third kappa shape index (κ3) is 4.40. The Kier molecular flexibility index (Phi) is 7.41. The van der Waals surface area contributed by atoms with Crippen molar-refractivity contribution in [3.63, 3.8) is 0 Å². The zero-order valence-corrected chi connectivity index (χ0v) is 13.5. The molecule has 2 rings (SSSR count). The van der Waals surface area contributed by atoms with Crippen LogP contribution in [0.1, 0.15) is 24.9 Å². The number of thioether (sulfide) groups is 1. The minimum atomic E-state index is -0.218. The molecule has 0 spiro atoms. The fourth-order valence-electron chi connectivity index (χ4n) is 2.37. The summed E-state index contributed by atoms with van der Waals surface area (Å²) in [5, 5.41) is 0. The second-order valence-corrected chi connectivity index (χ2v) is 6.24. The molecule has 20 heavy (non-hydrogen) atoms. The first-order chi connectivity index (χ1) is 9.20. The second-order valence-electron chi connectivity index (χ2n) is 5.02. The summed E-state index contributed by atoms with van der Waals surface area (Å²) in [5.74, 6) is 2.23. The second kappa shape index (κ2) is 8.55. The molecular formula is C15H23ClN2OS. The number of carbonyl (C=O) groups excluding carboxylic acids is 1. The van der Waals surface area contributed by atoms with E-state index in [1.165, 1.54) is 0 Å². The summed E-state index contributed by atoms with van der Waals surface area (Å²) in [4.78, 5) is 14.5. The Hall–Kier alpha value is -0.710. The van der Waals surface area contributed by atoms with Gasteiger partial charge in [-0.15, -0.1) is 12.4 Å². The fourth-order valence-corrected chi connectivity index (χ4v) is 3.26. The standard InChI is InChI=1S/C15H22N2OS.ClH/c1-12(14(16)13-6-3-2-4-7-13)15(18)17-8-5-10-19-11-9-17;/h2-4,6-7,12,14H,5,8-11,16H2,1H3;1H. The van der Waals surface area contributed by atoms with Gasteiger partial charge in [-0.1, -0.05) is 37.3 Å². The lowest BCUT2D eigenvalue weighted by molar-refractivity contribution is -0.135. The normalized spacial score (nSPS) is 18.6. The molecule has 1 saturated heterocycles. The Morgan fingerprint density at radius 1 is 1.25 bits per heavy atom. The van der Waals surface area contributed by atoms with E-state index >= 15 is 0 Å². The number of rotatable bonds is 3. The summed E-state index contributed by atoms with van der Waals surface area (Å²) in [6.07, 6.45) is 1.09. The van der Waals surface area contributed by atoms with Gasteiger partial charge in [-0.25, -0.2) is 0 Å². The summed E-state index contributed by atoms with van der Waals surface area (Å²) in [7, 11) is 0. The maximum atomic E-state index is 12.5. The Bertz CT molecular complexity index is 408. The molecule has 112 valence electrons. The maximum absolute atomic E-state index is 12.5. The first-order valence-corrected chi connectivity index (χ1v) is 8.02. The highest BCUT2D eigenvalue weighted by Gasteiger charge is 2.26. The molecule has 0 bridgehead atoms. The summed E-state index contributed by atoms with van der Waals surface area (Å²) < 4.78 is 0. The average Bonchev–Trinajstić information content (AvgIpc) is 2.75. The van der Waals surface area contributed by atoms with Crippen LogP contribution in [0.3, 0.4) is 0 Å². The Morgan fingerprint density at radius 3 is 2.65 bits per heavy atom. The van der Waals surface area contributed by atoms with Crippen LogP contribution < -0.4 is 5.73 Å². The van der Waals surface area contributed by atoms with Gasteiger partial charge in [-0.3, -0.25) is 4.79 Å². The van der Waals surface area contributed by atoms with Crippen LogP contribution in [0.4, 0.5) is 0 Å². The topological polar surface area (TPSA) is 46.3 Å². The van der Waals surface area contributed by atoms with Crippen LogP contribution in [-0.4, -0.2) is 35.4 Å². The molecule has 1 amide bonds. The third-order valence-corrected chi connectivity index (χ3v) is 4.70. The van der Waals surface area contributed by atoms with Crippen molar-refractivity contribution in [2.24, 2.45) is 11.7 Å². The molecule has 2 N–H and O–H groups in total. The molecule has 1 heterocycles. The number of halogens is 1. The minimum absolute atomic E-state index is 0. The number of hydrogen-bond acceptors (Lipinski definition) is 3. The summed E-state index contributed by atoms with van der Waals surface area (Å²) in [5.41, 5.74) is 7.27. The molecule has 5 heteroatoms. The third-order valence-electron chi connectivity index (χ3n) is 3.65. The lowest BCUT2D eigenvalue weighted by Crippen LogP contribution is -2.40. The van der Waals surface area contributed by atoms with Gasteiger partial charge in [0.25, 0.3) is 0 Å². The molecule has 1 aromatic rings. The van der Waals surface area contributed by atoms with Crippen LogP contribution in [0.5, 0.6) is 0 Å². The number of benzene rings is 1. The number of nitrogens with two attached hydrogens (primary N) is 1. The van der Waals surface area contributed by atoms with Crippen LogP contribution in [0.2, 0.25) is 0 Å². The van der Waals surface area contributed by atoms with Gasteiger partial charge in [0.15, 0.2) is 0 Å². The van der Waals surface area contributed by atoms with Gasteiger partial charge in [-0.05, 0) is 17.7 Å². The van der Waals surface area contributed by atoms with Crippen LogP contribution in [0, 0.1) is 5.92 Å². The summed E-state index contributed by atoms with van der Waals surface area (Å²) in [6, 6.07) is 9.67. The first-order valence-electron chi connectivity index (χ1n) is 6.87. The van der Waals surface area contributed by atoms with Crippen molar-refractivity contribution in [3.8, 4) is 0 Å². The van der Waals surface area contributed by atoms with Crippen LogP contribution in [-0.2, 0) is 4.79 Å². The molecule has 1 aliphatic rings. The molecule has 0 saturated carbocycles. The number of amides is 1. The van der Waals surface area contributed by atoms with Crippen molar-refractivity contribution in [1.82, 2.24) is 4.90 Å². The quantitative estimate of drug-likeness (QED) is 0.933. The van der Waals surface area contributed by atoms with Crippen molar-refractivity contribution in [3.05, 3.63) is 35.9 Å². The van der Waals surface area contributed by atoms with E-state index < -0.39 is 0 Å². The van der Waals surface area contributed by atoms with Gasteiger partial charge < -0.3 is 10.6 Å². The van der Waals surface area contributed by atoms with E-state index in [2.05, 4.69) is 0 Å². The van der Waals surface area contributed by atoms with Crippen molar-refractivity contribution < 1.29 is 4.79 Å². The van der Waals surface area contributed by atoms with E-state index in [1.807, 2.05) is 53.9 Å². The van der Waals surface area contributed by atoms with Gasteiger partial charge in [0.2, 0.25) is 5.91 Å². The van der Waals surface area contributed by atoms with E-state index in [9.17, 15) is 4.79 Å². The highest BCUT2D eigenvalue weighted by Crippen LogP contribution is 2.22. The first kappa shape index (κ1) is 17.3. The van der Waals surface area contributed by atoms with E-state index in [-0.39, 0.29) is 30.3 Å². The van der Waals surface area contributed by atoms with Crippen molar-refractivity contribution >= 4 is 30.1 Å². The summed E-state index contributed by atoms with van der Waals surface area (Å²) in [6.45, 7) is 3.67. The molecule has 0 aromatic heterocycles. The molecule has 3 nitrogen and oxygen atoms in total. The van der Waals surface area contributed by atoms with Crippen LogP contribution >= 0.6 is 24.2 Å². The Labute approximate surface area is 131 Å². The lowest BCUT2D eigenvalue weighted by atomic mass is 9.94. The number of nitrogens with zero attached hydrogens (tertiary/aromatic N) is 1. The Balaban J connectivity index is 0.00000200. The van der Waals surface area contributed by atoms with Crippen LogP contribution in [0.15, 0.2) is 30.3 Å². The van der Waals surface area contributed by atoms with E-state index in [1.54, 1.807) is 0 Å². The molecule has 0 radical (unpaired) electrons. The van der Waals surface area contributed by atoms with Gasteiger partial charge in [-0.2, -0.15) is 11.8 Å². The zero-order valence-electron chi connectivity index (χ0n) is 11.8. The largest absolute Gasteiger partial charge is 0.342 e. The fraction of sp³-hybridized carbons (Fsp3) is 0.533. The van der Waals surface area contributed by atoms with Gasteiger partial charge >= 0.3 is 0 Å². The molecule has 2 unspecified atom stereocenters. The smallest absolute Gasteiger partial charge is 0.227 e. The van der Waals surface area contributed by atoms with E-state index in [4.69, 9.17) is 5.73 Å². The minimum Gasteiger partial charge on any atom is -0.342 e. The maximum Gasteiger partial charge on any atom is 0.227 e. The van der Waals surface area contributed by atoms with Crippen molar-refractivity contribution in [1.29, 1.82) is 0 Å². The van der Waals surface area contributed by atoms with Crippen molar-refractivity contribution in [2.45, 2.75) is 19.4 Å². The molecule has 1 aromatic carbocycles. The molecular weight excluding hydrogens is 292 g/mol. The molecule has 1 aliphatic heterocycles. The predicted octanol–water partition coefficient (Wildman–Crippen LogP) is 2.71. The van der Waals surface area contributed by atoms with Gasteiger partial charge in [0, 0.05) is 24.9 Å². The van der Waals surface area contributed by atoms with Crippen LogP contribution in [0.25, 0.3) is 0 Å². The van der Waals surface area contributed by atoms with Gasteiger partial charge in [0.1, 0.15) is 0 Å². The SMILES string of the molecule is CC(C(=O)N1CCCSCC1)C(N)c1ccccc1.Cl. The zero-order chi connectivity index (χ0) is 13.7.